The number of aromatic nitrogens is 4. The average Bonchev–Trinajstić information content (AvgIpc) is 3.29. The third-order valence-corrected chi connectivity index (χ3v) is 8.97. The first-order chi connectivity index (χ1) is 20.7. The molecule has 3 unspecified atom stereocenters. The molecule has 3 atom stereocenters. The third-order valence-electron chi connectivity index (χ3n) is 8.74. The minimum atomic E-state index is -2.77. The smallest absolute Gasteiger partial charge is 0.283 e. The van der Waals surface area contributed by atoms with E-state index < -0.39 is 24.1 Å². The molecule has 1 fully saturated rings. The summed E-state index contributed by atoms with van der Waals surface area (Å²) in [7, 11) is 0. The van der Waals surface area contributed by atoms with Gasteiger partial charge in [-0.1, -0.05) is 35.5 Å². The number of nitrogens with zero attached hydrogens (tertiary/aromatic N) is 5. The number of ether oxygens (including phenoxy) is 1. The molecule has 5 heterocycles. The Bertz CT molecular complexity index is 1990. The van der Waals surface area contributed by atoms with Crippen LogP contribution in [-0.2, 0) is 6.42 Å². The number of alkyl halides is 2. The van der Waals surface area contributed by atoms with Crippen molar-refractivity contribution in [2.45, 2.75) is 37.6 Å². The topological polar surface area (TPSA) is 74.3 Å². The van der Waals surface area contributed by atoms with E-state index in [1.807, 2.05) is 24.3 Å². The molecule has 0 saturated heterocycles. The second-order valence-electron chi connectivity index (χ2n) is 11.5. The zero-order valence-electron chi connectivity index (χ0n) is 22.6. The van der Waals surface area contributed by atoms with Crippen LogP contribution in [0.25, 0.3) is 16.8 Å². The van der Waals surface area contributed by atoms with Gasteiger partial charge in [-0.3, -0.25) is 4.79 Å². The molecule has 0 N–H and O–H groups in total. The fraction of sp³-hybridized carbons (Fsp3) is 0.250. The highest BCUT2D eigenvalue weighted by Gasteiger charge is 2.55. The number of aliphatic imine (C=N–C) groups is 1. The van der Waals surface area contributed by atoms with Crippen LogP contribution in [0.4, 0.5) is 13.2 Å². The molecule has 0 bridgehead atoms. The largest absolute Gasteiger partial charge is 0.489 e. The maximum atomic E-state index is 15.5. The molecular formula is C32H23ClF3N5O2. The fourth-order valence-electron chi connectivity index (χ4n) is 6.67. The Morgan fingerprint density at radius 2 is 1.93 bits per heavy atom. The summed E-state index contributed by atoms with van der Waals surface area (Å²) in [6, 6.07) is 13.7. The molecule has 0 spiro atoms. The normalized spacial score (nSPS) is 21.9. The van der Waals surface area contributed by atoms with Gasteiger partial charge in [0.1, 0.15) is 18.1 Å². The lowest BCUT2D eigenvalue weighted by Crippen LogP contribution is -2.26. The molecule has 216 valence electrons. The van der Waals surface area contributed by atoms with E-state index >= 15 is 4.39 Å². The van der Waals surface area contributed by atoms with Crippen LogP contribution in [0.5, 0.6) is 5.75 Å². The second-order valence-corrected chi connectivity index (χ2v) is 11.9. The van der Waals surface area contributed by atoms with Crippen molar-refractivity contribution in [3.05, 3.63) is 116 Å². The molecule has 11 heteroatoms. The molecule has 1 saturated carbocycles. The van der Waals surface area contributed by atoms with Crippen molar-refractivity contribution in [3.8, 4) is 22.6 Å². The van der Waals surface area contributed by atoms with Crippen molar-refractivity contribution < 1.29 is 17.9 Å². The first-order valence-corrected chi connectivity index (χ1v) is 14.3. The van der Waals surface area contributed by atoms with Gasteiger partial charge in [-0.05, 0) is 59.4 Å². The highest BCUT2D eigenvalue weighted by Crippen LogP contribution is 2.62. The maximum absolute atomic E-state index is 15.5. The number of halogens is 4. The first kappa shape index (κ1) is 26.2. The second kappa shape index (κ2) is 9.54. The van der Waals surface area contributed by atoms with Crippen molar-refractivity contribution in [1.29, 1.82) is 0 Å². The van der Waals surface area contributed by atoms with Crippen molar-refractivity contribution in [2.24, 2.45) is 10.9 Å². The van der Waals surface area contributed by atoms with Gasteiger partial charge in [0.15, 0.2) is 0 Å². The van der Waals surface area contributed by atoms with Gasteiger partial charge >= 0.3 is 0 Å². The molecule has 8 rings (SSSR count). The van der Waals surface area contributed by atoms with Crippen molar-refractivity contribution >= 4 is 17.3 Å². The van der Waals surface area contributed by atoms with E-state index in [1.54, 1.807) is 22.8 Å². The summed E-state index contributed by atoms with van der Waals surface area (Å²) >= 11 is 6.32. The zero-order chi connectivity index (χ0) is 29.6. The van der Waals surface area contributed by atoms with E-state index in [1.165, 1.54) is 10.7 Å². The predicted octanol–water partition coefficient (Wildman–Crippen LogP) is 6.91. The molecule has 4 aromatic rings. The molecule has 7 nitrogen and oxygen atoms in total. The van der Waals surface area contributed by atoms with Gasteiger partial charge in [0, 0.05) is 52.2 Å². The van der Waals surface area contributed by atoms with Crippen LogP contribution in [-0.4, -0.2) is 31.9 Å². The van der Waals surface area contributed by atoms with Crippen LogP contribution in [0, 0.1) is 5.92 Å². The minimum Gasteiger partial charge on any atom is -0.489 e. The van der Waals surface area contributed by atoms with Crippen molar-refractivity contribution in [1.82, 2.24) is 19.6 Å². The number of allylic oxidation sites excluding steroid dienone is 1. The summed E-state index contributed by atoms with van der Waals surface area (Å²) in [4.78, 5) is 18.0. The highest BCUT2D eigenvalue weighted by molar-refractivity contribution is 6.31. The summed E-state index contributed by atoms with van der Waals surface area (Å²) in [5, 5.41) is 7.83. The quantitative estimate of drug-likeness (QED) is 0.184. The van der Waals surface area contributed by atoms with Crippen LogP contribution in [0.2, 0.25) is 5.02 Å². The fourth-order valence-corrected chi connectivity index (χ4v) is 6.85. The number of fused-ring (bicyclic) bond motifs is 4. The van der Waals surface area contributed by atoms with Crippen LogP contribution in [0.1, 0.15) is 53.7 Å². The van der Waals surface area contributed by atoms with Gasteiger partial charge in [0.05, 0.1) is 23.6 Å². The van der Waals surface area contributed by atoms with E-state index in [4.69, 9.17) is 16.3 Å². The first-order valence-electron chi connectivity index (χ1n) is 13.9. The predicted molar refractivity (Wildman–Crippen MR) is 155 cm³/mol. The molecule has 43 heavy (non-hydrogen) atoms. The number of pyridine rings is 1. The lowest BCUT2D eigenvalue weighted by molar-refractivity contribution is 0.146. The zero-order valence-corrected chi connectivity index (χ0v) is 23.4. The summed E-state index contributed by atoms with van der Waals surface area (Å²) in [6.45, 7) is 4.45. The molecule has 1 aliphatic carbocycles. The molecule has 2 aromatic heterocycles. The van der Waals surface area contributed by atoms with E-state index in [2.05, 4.69) is 21.9 Å². The summed E-state index contributed by atoms with van der Waals surface area (Å²) in [6.07, 6.45) is 0.269. The van der Waals surface area contributed by atoms with Crippen molar-refractivity contribution in [3.63, 3.8) is 0 Å². The number of hydrogen-bond acceptors (Lipinski definition) is 5. The van der Waals surface area contributed by atoms with Gasteiger partial charge < -0.3 is 9.30 Å². The molecule has 4 aliphatic rings. The van der Waals surface area contributed by atoms with Crippen LogP contribution in [0.15, 0.2) is 88.2 Å². The molecular weight excluding hydrogens is 579 g/mol. The number of rotatable bonds is 5. The highest BCUT2D eigenvalue weighted by atomic mass is 35.5. The average molecular weight is 602 g/mol. The Labute approximate surface area is 248 Å². The minimum absolute atomic E-state index is 0.0962. The van der Waals surface area contributed by atoms with Gasteiger partial charge in [-0.2, -0.15) is 4.39 Å². The van der Waals surface area contributed by atoms with Gasteiger partial charge in [-0.15, -0.1) is 5.10 Å². The van der Waals surface area contributed by atoms with Crippen LogP contribution in [0.3, 0.4) is 0 Å². The van der Waals surface area contributed by atoms with E-state index in [0.717, 1.165) is 47.2 Å². The monoisotopic (exact) mass is 601 g/mol. The van der Waals surface area contributed by atoms with Gasteiger partial charge in [0.2, 0.25) is 5.95 Å². The SMILES string of the molecule is C=C1COc2cc(C3=NC(F)=C(C4C5CC5c5cc(-c6cc(Cl)ccc6-n6cc(C(F)F)nn6)cc(=O)n54)C3)ccc2C1. The molecule has 0 radical (unpaired) electrons. The molecule has 0 amide bonds. The standard InChI is InChI=1S/C32H23ClF3N5O2/c1-15-6-17-3-2-16(8-28(17)43-14-15)24-12-23(32(36)37-24)30-22-11-21(22)27-7-18(9-29(42)41(27)30)20-10-19(33)4-5-26(20)40-13-25(31(34)35)38-39-40/h2-5,7-10,13,21-22,30-31H,1,6,11-12,14H2. The Kier molecular flexibility index (Phi) is 5.81. The summed E-state index contributed by atoms with van der Waals surface area (Å²) in [5.74, 6) is 0.417. The maximum Gasteiger partial charge on any atom is 0.283 e. The number of benzene rings is 2. The Morgan fingerprint density at radius 1 is 1.07 bits per heavy atom. The Hall–Kier alpha value is -4.44. The number of hydrogen-bond donors (Lipinski definition) is 0. The lowest BCUT2D eigenvalue weighted by Gasteiger charge is -2.21. The Balaban J connectivity index is 1.13. The summed E-state index contributed by atoms with van der Waals surface area (Å²) < 4.78 is 50.7. The molecule has 3 aliphatic heterocycles. The third kappa shape index (κ3) is 4.26. The Morgan fingerprint density at radius 3 is 2.74 bits per heavy atom. The van der Waals surface area contributed by atoms with E-state index in [9.17, 15) is 13.6 Å². The van der Waals surface area contributed by atoms with Gasteiger partial charge in [-0.25, -0.2) is 18.5 Å². The van der Waals surface area contributed by atoms with Crippen molar-refractivity contribution in [2.75, 3.05) is 6.61 Å². The van der Waals surface area contributed by atoms with Gasteiger partial charge in [0.25, 0.3) is 12.0 Å². The van der Waals surface area contributed by atoms with E-state index in [-0.39, 0.29) is 17.4 Å². The van der Waals surface area contributed by atoms with Crippen LogP contribution >= 0.6 is 11.6 Å². The summed E-state index contributed by atoms with van der Waals surface area (Å²) in [5.41, 5.74) is 5.61. The van der Waals surface area contributed by atoms with E-state index in [0.29, 0.717) is 46.1 Å². The van der Waals surface area contributed by atoms with Crippen LogP contribution < -0.4 is 10.3 Å². The molecule has 2 aromatic carbocycles. The lowest BCUT2D eigenvalue weighted by atomic mass is 9.95.